The Morgan fingerprint density at radius 1 is 1.19 bits per heavy atom. The number of nitrogens with zero attached hydrogens (tertiary/aromatic N) is 4. The summed E-state index contributed by atoms with van der Waals surface area (Å²) in [5, 5.41) is 0. The Morgan fingerprint density at radius 2 is 1.94 bits per heavy atom. The van der Waals surface area contributed by atoms with Crippen molar-refractivity contribution in [1.29, 1.82) is 0 Å². The van der Waals surface area contributed by atoms with Gasteiger partial charge in [0.1, 0.15) is 11.6 Å². The van der Waals surface area contributed by atoms with Gasteiger partial charge in [0, 0.05) is 38.4 Å². The van der Waals surface area contributed by atoms with Crippen molar-refractivity contribution in [3.63, 3.8) is 0 Å². The third kappa shape index (κ3) is 2.30. The first kappa shape index (κ1) is 10.9. The van der Waals surface area contributed by atoms with Gasteiger partial charge >= 0.3 is 0 Å². The molecule has 2 N–H and O–H groups in total. The zero-order valence-electron chi connectivity index (χ0n) is 9.50. The summed E-state index contributed by atoms with van der Waals surface area (Å²) in [6.07, 6.45) is 9.32. The monoisotopic (exact) mass is 219 g/mol. The maximum Gasteiger partial charge on any atom is 0.116 e. The van der Waals surface area contributed by atoms with Crippen molar-refractivity contribution in [2.24, 2.45) is 12.8 Å². The lowest BCUT2D eigenvalue weighted by atomic mass is 10.3. The van der Waals surface area contributed by atoms with E-state index in [4.69, 9.17) is 5.73 Å². The molecule has 0 spiro atoms. The molecule has 0 saturated carbocycles. The van der Waals surface area contributed by atoms with Gasteiger partial charge in [0.15, 0.2) is 0 Å². The lowest BCUT2D eigenvalue weighted by molar-refractivity contribution is 0.617. The molecular formula is C11H17N5. The summed E-state index contributed by atoms with van der Waals surface area (Å²) in [6.45, 7) is 1.64. The van der Waals surface area contributed by atoms with Crippen LogP contribution in [0, 0.1) is 0 Å². The van der Waals surface area contributed by atoms with Crippen LogP contribution in [0.2, 0.25) is 0 Å². The van der Waals surface area contributed by atoms with Gasteiger partial charge in [-0.1, -0.05) is 0 Å². The summed E-state index contributed by atoms with van der Waals surface area (Å²) in [6, 6.07) is 0. The Hall–Kier alpha value is -1.62. The van der Waals surface area contributed by atoms with E-state index in [1.165, 1.54) is 0 Å². The van der Waals surface area contributed by atoms with Gasteiger partial charge in [0.2, 0.25) is 0 Å². The molecule has 0 amide bonds. The molecular weight excluding hydrogens is 202 g/mol. The molecule has 0 aromatic carbocycles. The Balaban J connectivity index is 2.09. The highest BCUT2D eigenvalue weighted by molar-refractivity contribution is 5.04. The molecule has 0 unspecified atom stereocenters. The molecule has 0 radical (unpaired) electrons. The van der Waals surface area contributed by atoms with Crippen molar-refractivity contribution in [2.45, 2.75) is 19.4 Å². The molecule has 2 aromatic heterocycles. The largest absolute Gasteiger partial charge is 0.338 e. The third-order valence-corrected chi connectivity index (χ3v) is 2.64. The summed E-state index contributed by atoms with van der Waals surface area (Å²) in [4.78, 5) is 8.65. The van der Waals surface area contributed by atoms with Crippen molar-refractivity contribution in [3.8, 4) is 0 Å². The Kier molecular flexibility index (Phi) is 3.36. The fourth-order valence-electron chi connectivity index (χ4n) is 1.68. The van der Waals surface area contributed by atoms with E-state index in [1.807, 2.05) is 36.4 Å². The maximum absolute atomic E-state index is 5.51. The minimum Gasteiger partial charge on any atom is -0.338 e. The molecule has 5 heteroatoms. The van der Waals surface area contributed by atoms with Gasteiger partial charge in [0.25, 0.3) is 0 Å². The number of aryl methyl sites for hydroxylation is 2. The molecule has 2 aromatic rings. The SMILES string of the molecule is Cn1ccnc1Cc1nccn1CCCN. The summed E-state index contributed by atoms with van der Waals surface area (Å²) in [7, 11) is 2.00. The fourth-order valence-corrected chi connectivity index (χ4v) is 1.68. The Morgan fingerprint density at radius 3 is 2.62 bits per heavy atom. The molecule has 2 heterocycles. The normalized spacial score (nSPS) is 10.9. The average molecular weight is 219 g/mol. The van der Waals surface area contributed by atoms with E-state index in [2.05, 4.69) is 14.5 Å². The quantitative estimate of drug-likeness (QED) is 0.799. The van der Waals surface area contributed by atoms with Crippen molar-refractivity contribution in [2.75, 3.05) is 6.54 Å². The molecule has 0 aliphatic rings. The summed E-state index contributed by atoms with van der Waals surface area (Å²) >= 11 is 0. The van der Waals surface area contributed by atoms with Crippen molar-refractivity contribution in [1.82, 2.24) is 19.1 Å². The van der Waals surface area contributed by atoms with Gasteiger partial charge in [-0.3, -0.25) is 0 Å². The average Bonchev–Trinajstić information content (AvgIpc) is 2.87. The van der Waals surface area contributed by atoms with Crippen LogP contribution in [0.25, 0.3) is 0 Å². The van der Waals surface area contributed by atoms with Gasteiger partial charge in [0.05, 0.1) is 6.42 Å². The lowest BCUT2D eigenvalue weighted by Gasteiger charge is -2.06. The van der Waals surface area contributed by atoms with Gasteiger partial charge in [-0.2, -0.15) is 0 Å². The van der Waals surface area contributed by atoms with E-state index in [1.54, 1.807) is 0 Å². The zero-order valence-corrected chi connectivity index (χ0v) is 9.50. The van der Waals surface area contributed by atoms with Gasteiger partial charge in [-0.15, -0.1) is 0 Å². The topological polar surface area (TPSA) is 61.7 Å². The first-order valence-electron chi connectivity index (χ1n) is 5.47. The first-order chi connectivity index (χ1) is 7.81. The van der Waals surface area contributed by atoms with Gasteiger partial charge < -0.3 is 14.9 Å². The van der Waals surface area contributed by atoms with Crippen LogP contribution in [0.5, 0.6) is 0 Å². The minimum atomic E-state index is 0.708. The van der Waals surface area contributed by atoms with Crippen LogP contribution >= 0.6 is 0 Å². The van der Waals surface area contributed by atoms with Gasteiger partial charge in [-0.25, -0.2) is 9.97 Å². The number of nitrogens with two attached hydrogens (primary N) is 1. The van der Waals surface area contributed by atoms with Gasteiger partial charge in [-0.05, 0) is 13.0 Å². The van der Waals surface area contributed by atoms with Crippen LogP contribution in [0.1, 0.15) is 18.1 Å². The molecule has 0 fully saturated rings. The second kappa shape index (κ2) is 4.94. The molecule has 2 rings (SSSR count). The highest BCUT2D eigenvalue weighted by Gasteiger charge is 2.06. The van der Waals surface area contributed by atoms with Crippen LogP contribution in [0.4, 0.5) is 0 Å². The Labute approximate surface area is 94.9 Å². The molecule has 86 valence electrons. The van der Waals surface area contributed by atoms with E-state index in [0.29, 0.717) is 6.54 Å². The first-order valence-corrected chi connectivity index (χ1v) is 5.47. The van der Waals surface area contributed by atoms with E-state index in [9.17, 15) is 0 Å². The molecule has 0 aliphatic heterocycles. The van der Waals surface area contributed by atoms with E-state index < -0.39 is 0 Å². The fraction of sp³-hybridized carbons (Fsp3) is 0.455. The molecule has 0 saturated heterocycles. The second-order valence-electron chi connectivity index (χ2n) is 3.81. The number of rotatable bonds is 5. The van der Waals surface area contributed by atoms with Crippen molar-refractivity contribution < 1.29 is 0 Å². The molecule has 0 atom stereocenters. The standard InChI is InChI=1S/C11H17N5/c1-15-7-4-13-10(15)9-11-14-5-8-16(11)6-2-3-12/h4-5,7-8H,2-3,6,9,12H2,1H3. The van der Waals surface area contributed by atoms with Crippen LogP contribution < -0.4 is 5.73 Å². The van der Waals surface area contributed by atoms with E-state index in [-0.39, 0.29) is 0 Å². The molecule has 0 bridgehead atoms. The second-order valence-corrected chi connectivity index (χ2v) is 3.81. The predicted molar refractivity (Wildman–Crippen MR) is 61.9 cm³/mol. The summed E-state index contributed by atoms with van der Waals surface area (Å²) in [5.41, 5.74) is 5.51. The maximum atomic E-state index is 5.51. The highest BCUT2D eigenvalue weighted by Crippen LogP contribution is 2.06. The highest BCUT2D eigenvalue weighted by atomic mass is 15.1. The minimum absolute atomic E-state index is 0.708. The van der Waals surface area contributed by atoms with Crippen LogP contribution in [-0.2, 0) is 20.0 Å². The van der Waals surface area contributed by atoms with E-state index >= 15 is 0 Å². The van der Waals surface area contributed by atoms with Crippen LogP contribution in [0.15, 0.2) is 24.8 Å². The number of imidazole rings is 2. The van der Waals surface area contributed by atoms with Crippen molar-refractivity contribution >= 4 is 0 Å². The van der Waals surface area contributed by atoms with Crippen LogP contribution in [-0.4, -0.2) is 25.6 Å². The number of hydrogen-bond acceptors (Lipinski definition) is 3. The van der Waals surface area contributed by atoms with Crippen molar-refractivity contribution in [3.05, 3.63) is 36.4 Å². The van der Waals surface area contributed by atoms with Crippen LogP contribution in [0.3, 0.4) is 0 Å². The molecule has 5 nitrogen and oxygen atoms in total. The lowest BCUT2D eigenvalue weighted by Crippen LogP contribution is -2.10. The zero-order chi connectivity index (χ0) is 11.4. The number of aromatic nitrogens is 4. The summed E-state index contributed by atoms with van der Waals surface area (Å²) in [5.74, 6) is 2.07. The summed E-state index contributed by atoms with van der Waals surface area (Å²) < 4.78 is 4.16. The van der Waals surface area contributed by atoms with E-state index in [0.717, 1.165) is 31.0 Å². The predicted octanol–water partition coefficient (Wildman–Crippen LogP) is 0.556. The molecule has 0 aliphatic carbocycles. The third-order valence-electron chi connectivity index (χ3n) is 2.64. The molecule has 16 heavy (non-hydrogen) atoms. The number of hydrogen-bond donors (Lipinski definition) is 1. The Bertz CT molecular complexity index is 443. The smallest absolute Gasteiger partial charge is 0.116 e.